The predicted octanol–water partition coefficient (Wildman–Crippen LogP) is 2.15. The smallest absolute Gasteiger partial charge is 0.471 e. The third-order valence-corrected chi connectivity index (χ3v) is 7.65. The molecule has 1 spiro atoms. The first-order valence-electron chi connectivity index (χ1n) is 13.9. The Morgan fingerprint density at radius 3 is 2.58 bits per heavy atom. The van der Waals surface area contributed by atoms with E-state index in [2.05, 4.69) is 10.3 Å². The number of likely N-dealkylation sites (N-methyl/N-ethyl adjacent to an activating group) is 1. The van der Waals surface area contributed by atoms with Crippen LogP contribution in [0.25, 0.3) is 0 Å². The Morgan fingerprint density at radius 2 is 2.00 bits per heavy atom. The zero-order valence-electron chi connectivity index (χ0n) is 24.5. The summed E-state index contributed by atoms with van der Waals surface area (Å²) in [6.45, 7) is 5.98. The molecule has 2 aliphatic heterocycles. The first kappa shape index (κ1) is 32.0. The summed E-state index contributed by atoms with van der Waals surface area (Å²) in [5.41, 5.74) is -2.46. The van der Waals surface area contributed by atoms with Gasteiger partial charge in [-0.2, -0.15) is 18.4 Å². The maximum Gasteiger partial charge on any atom is 0.471 e. The first-order valence-corrected chi connectivity index (χ1v) is 13.9. The fourth-order valence-electron chi connectivity index (χ4n) is 5.39. The third-order valence-electron chi connectivity index (χ3n) is 7.65. The molecule has 0 unspecified atom stereocenters. The summed E-state index contributed by atoms with van der Waals surface area (Å²) in [7, 11) is 1.27. The molecule has 15 heteroatoms. The summed E-state index contributed by atoms with van der Waals surface area (Å²) in [6.07, 6.45) is -3.40. The normalized spacial score (nSPS) is 23.7. The number of hydrogen-bond donors (Lipinski definition) is 2. The van der Waals surface area contributed by atoms with E-state index in [1.165, 1.54) is 25.1 Å². The van der Waals surface area contributed by atoms with E-state index in [1.54, 1.807) is 38.2 Å². The van der Waals surface area contributed by atoms with Crippen molar-refractivity contribution in [1.82, 2.24) is 20.1 Å². The van der Waals surface area contributed by atoms with Crippen LogP contribution in [0.4, 0.5) is 19.0 Å². The number of nitriles is 1. The highest BCUT2D eigenvalue weighted by atomic mass is 19.4. The van der Waals surface area contributed by atoms with Gasteiger partial charge in [0, 0.05) is 19.7 Å². The molecule has 0 aromatic carbocycles. The number of amides is 4. The molecule has 1 aromatic rings. The highest BCUT2D eigenvalue weighted by molar-refractivity contribution is 6.01. The van der Waals surface area contributed by atoms with Crippen molar-refractivity contribution in [3.63, 3.8) is 0 Å². The van der Waals surface area contributed by atoms with Gasteiger partial charge in [-0.1, -0.05) is 12.8 Å². The van der Waals surface area contributed by atoms with Crippen molar-refractivity contribution in [3.05, 3.63) is 18.3 Å². The summed E-state index contributed by atoms with van der Waals surface area (Å²) in [4.78, 5) is 59.1. The molecule has 2 N–H and O–H groups in total. The number of carbonyl (C=O) groups is 4. The molecule has 43 heavy (non-hydrogen) atoms. The number of halogens is 3. The SMILES string of the molecule is C[C@@H](OC(C)(C)C)[C@H](NC(=O)C(F)(F)F)C(=O)N(C)[C@@H](CC1CC1)C(=O)N1C[C@@]2(C[C@H]1C#N)Oc1cccnc1NC2=O. The van der Waals surface area contributed by atoms with Crippen LogP contribution in [0.15, 0.2) is 18.3 Å². The zero-order valence-corrected chi connectivity index (χ0v) is 24.5. The first-order chi connectivity index (χ1) is 20.0. The van der Waals surface area contributed by atoms with Crippen LogP contribution in [0.2, 0.25) is 0 Å². The molecule has 0 radical (unpaired) electrons. The molecule has 5 atom stereocenters. The molecule has 3 aliphatic rings. The zero-order chi connectivity index (χ0) is 31.9. The van der Waals surface area contributed by atoms with Gasteiger partial charge in [0.25, 0.3) is 5.91 Å². The van der Waals surface area contributed by atoms with Gasteiger partial charge in [-0.3, -0.25) is 19.2 Å². The number of likely N-dealkylation sites (tertiary alicyclic amines) is 1. The van der Waals surface area contributed by atoms with Crippen LogP contribution in [-0.2, 0) is 23.9 Å². The second-order valence-electron chi connectivity index (χ2n) is 12.2. The average molecular weight is 609 g/mol. The molecule has 12 nitrogen and oxygen atoms in total. The second kappa shape index (κ2) is 11.6. The average Bonchev–Trinajstić information content (AvgIpc) is 3.66. The monoisotopic (exact) mass is 608 g/mol. The molecule has 4 amide bonds. The quantitative estimate of drug-likeness (QED) is 0.455. The molecule has 1 aromatic heterocycles. The standard InChI is InChI=1S/C28H35F3N6O6/c1-15(42-26(2,3)4)20(34-25(41)28(29,30)31)23(39)36(5)18(11-16-8-9-16)22(38)37-14-27(12-17(37)13-32)24(40)35-21-19(43-27)7-6-10-33-21/h6-7,10,15-18,20H,8-9,11-12,14H2,1-5H3,(H,34,41)(H,33,35,40)/t15-,17+,18+,20+,27-/m1/s1. The Hall–Kier alpha value is -3.93. The third kappa shape index (κ3) is 7.01. The molecule has 3 heterocycles. The Balaban J connectivity index is 1.61. The maximum atomic E-state index is 14.1. The minimum atomic E-state index is -5.26. The predicted molar refractivity (Wildman–Crippen MR) is 144 cm³/mol. The highest BCUT2D eigenvalue weighted by Gasteiger charge is 2.57. The van der Waals surface area contributed by atoms with Crippen molar-refractivity contribution in [2.75, 3.05) is 18.9 Å². The number of hydrogen-bond acceptors (Lipinski definition) is 8. The van der Waals surface area contributed by atoms with Gasteiger partial charge in [-0.05, 0) is 52.2 Å². The van der Waals surface area contributed by atoms with E-state index in [0.29, 0.717) is 0 Å². The molecule has 0 bridgehead atoms. The lowest BCUT2D eigenvalue weighted by Gasteiger charge is -2.37. The van der Waals surface area contributed by atoms with Crippen LogP contribution >= 0.6 is 0 Å². The van der Waals surface area contributed by atoms with Crippen molar-refractivity contribution < 1.29 is 41.8 Å². The van der Waals surface area contributed by atoms with Crippen LogP contribution in [0.3, 0.4) is 0 Å². The molecule has 4 rings (SSSR count). The number of alkyl halides is 3. The Kier molecular flexibility index (Phi) is 8.65. The molecular formula is C28H35F3N6O6. The number of aromatic nitrogens is 1. The summed E-state index contributed by atoms with van der Waals surface area (Å²) < 4.78 is 51.4. The van der Waals surface area contributed by atoms with E-state index < -0.39 is 65.2 Å². The Labute approximate surface area is 246 Å². The van der Waals surface area contributed by atoms with E-state index in [9.17, 15) is 37.6 Å². The number of anilines is 1. The molecule has 1 saturated heterocycles. The second-order valence-corrected chi connectivity index (χ2v) is 12.2. The number of nitrogens with one attached hydrogen (secondary N) is 2. The lowest BCUT2D eigenvalue weighted by molar-refractivity contribution is -0.177. The summed E-state index contributed by atoms with van der Waals surface area (Å²) in [6, 6.07) is 1.17. The van der Waals surface area contributed by atoms with Gasteiger partial charge < -0.3 is 29.9 Å². The highest BCUT2D eigenvalue weighted by Crippen LogP contribution is 2.41. The van der Waals surface area contributed by atoms with Crippen molar-refractivity contribution in [2.45, 2.75) is 95.0 Å². The van der Waals surface area contributed by atoms with Crippen LogP contribution < -0.4 is 15.4 Å². The number of rotatable bonds is 8. The fourth-order valence-corrected chi connectivity index (χ4v) is 5.39. The van der Waals surface area contributed by atoms with E-state index >= 15 is 0 Å². The van der Waals surface area contributed by atoms with Gasteiger partial charge in [0.05, 0.1) is 24.3 Å². The summed E-state index contributed by atoms with van der Waals surface area (Å²) in [5.74, 6) is -4.00. The topological polar surface area (TPSA) is 154 Å². The van der Waals surface area contributed by atoms with Gasteiger partial charge in [0.1, 0.15) is 18.1 Å². The lowest BCUT2D eigenvalue weighted by atomic mass is 9.97. The molecule has 234 valence electrons. The molecule has 1 aliphatic carbocycles. The van der Waals surface area contributed by atoms with Crippen molar-refractivity contribution in [2.24, 2.45) is 5.92 Å². The number of carbonyl (C=O) groups excluding carboxylic acids is 4. The lowest BCUT2D eigenvalue weighted by Crippen LogP contribution is -2.61. The van der Waals surface area contributed by atoms with Gasteiger partial charge in [0.15, 0.2) is 11.6 Å². The van der Waals surface area contributed by atoms with Crippen molar-refractivity contribution in [3.8, 4) is 11.8 Å². The summed E-state index contributed by atoms with van der Waals surface area (Å²) >= 11 is 0. The van der Waals surface area contributed by atoms with Crippen LogP contribution in [0, 0.1) is 17.2 Å². The number of nitrogens with zero attached hydrogens (tertiary/aromatic N) is 4. The van der Waals surface area contributed by atoms with Gasteiger partial charge >= 0.3 is 12.1 Å². The number of ether oxygens (including phenoxy) is 2. The van der Waals surface area contributed by atoms with E-state index in [1.807, 2.05) is 6.07 Å². The summed E-state index contributed by atoms with van der Waals surface area (Å²) in [5, 5.41) is 14.3. The van der Waals surface area contributed by atoms with Crippen LogP contribution in [-0.4, -0.2) is 93.6 Å². The van der Waals surface area contributed by atoms with Crippen LogP contribution in [0.1, 0.15) is 53.4 Å². The van der Waals surface area contributed by atoms with Crippen molar-refractivity contribution >= 4 is 29.4 Å². The van der Waals surface area contributed by atoms with E-state index in [-0.39, 0.29) is 36.9 Å². The molecular weight excluding hydrogens is 573 g/mol. The number of fused-ring (bicyclic) bond motifs is 1. The number of pyridine rings is 1. The fraction of sp³-hybridized carbons (Fsp3) is 0.643. The van der Waals surface area contributed by atoms with Gasteiger partial charge in [0.2, 0.25) is 17.4 Å². The van der Waals surface area contributed by atoms with Crippen LogP contribution in [0.5, 0.6) is 5.75 Å². The maximum absolute atomic E-state index is 14.1. The minimum absolute atomic E-state index is 0.0694. The van der Waals surface area contributed by atoms with Gasteiger partial charge in [-0.15, -0.1) is 0 Å². The molecule has 1 saturated carbocycles. The Bertz CT molecular complexity index is 1320. The molecule has 2 fully saturated rings. The van der Waals surface area contributed by atoms with Gasteiger partial charge in [-0.25, -0.2) is 4.98 Å². The van der Waals surface area contributed by atoms with E-state index in [0.717, 1.165) is 17.7 Å². The van der Waals surface area contributed by atoms with E-state index in [4.69, 9.17) is 9.47 Å². The Morgan fingerprint density at radius 1 is 1.33 bits per heavy atom. The van der Waals surface area contributed by atoms with Crippen molar-refractivity contribution in [1.29, 1.82) is 5.26 Å². The largest absolute Gasteiger partial charge is 0.472 e. The minimum Gasteiger partial charge on any atom is -0.472 e.